The summed E-state index contributed by atoms with van der Waals surface area (Å²) in [5, 5.41) is 0. The van der Waals surface area contributed by atoms with Gasteiger partial charge >= 0.3 is 0 Å². The zero-order valence-corrected chi connectivity index (χ0v) is 15.6. The Balaban J connectivity index is 2.00. The number of fused-ring (bicyclic) bond motifs is 2. The molecule has 0 bridgehead atoms. The smallest absolute Gasteiger partial charge is 0.182 e. The molecule has 2 aliphatic rings. The van der Waals surface area contributed by atoms with Gasteiger partial charge in [0, 0.05) is 5.56 Å². The molecular weight excluding hydrogens is 294 g/mol. The molecule has 0 saturated heterocycles. The van der Waals surface area contributed by atoms with Crippen molar-refractivity contribution in [3.05, 3.63) is 40.3 Å². The van der Waals surface area contributed by atoms with Crippen LogP contribution in [0.3, 0.4) is 0 Å². The summed E-state index contributed by atoms with van der Waals surface area (Å²) in [7, 11) is 0. The van der Waals surface area contributed by atoms with E-state index in [-0.39, 0.29) is 0 Å². The third kappa shape index (κ3) is 2.26. The predicted octanol–water partition coefficient (Wildman–Crippen LogP) is 6.60. The minimum absolute atomic E-state index is 0.584. The number of aromatic nitrogens is 1. The van der Waals surface area contributed by atoms with Gasteiger partial charge in [-0.3, -0.25) is 0 Å². The van der Waals surface area contributed by atoms with Crippen molar-refractivity contribution < 1.29 is 4.42 Å². The topological polar surface area (TPSA) is 26.0 Å². The highest BCUT2D eigenvalue weighted by Gasteiger charge is 2.40. The molecule has 0 aliphatic heterocycles. The Hall–Kier alpha value is -1.57. The summed E-state index contributed by atoms with van der Waals surface area (Å²) in [5.41, 5.74) is 9.70. The molecule has 2 aromatic rings. The number of hydrogen-bond acceptors (Lipinski definition) is 2. The molecule has 2 heteroatoms. The van der Waals surface area contributed by atoms with E-state index in [0.717, 1.165) is 23.4 Å². The number of aryl methyl sites for hydroxylation is 1. The van der Waals surface area contributed by atoms with Crippen molar-refractivity contribution in [2.45, 2.75) is 78.1 Å². The van der Waals surface area contributed by atoms with Crippen molar-refractivity contribution in [1.82, 2.24) is 4.98 Å². The van der Waals surface area contributed by atoms with Gasteiger partial charge in [-0.05, 0) is 86.8 Å². The minimum atomic E-state index is 0.584. The Labute approximate surface area is 145 Å². The van der Waals surface area contributed by atoms with Crippen LogP contribution < -0.4 is 0 Å². The lowest BCUT2D eigenvalue weighted by atomic mass is 9.61. The molecule has 2 aliphatic carbocycles. The summed E-state index contributed by atoms with van der Waals surface area (Å²) >= 11 is 0. The standard InChI is InChI=1S/C22H29NO/c1-12(2)6-8-16-10-14(4)17-9-7-13(3)18-20(17)19(16)15(5)21-22(18)24-11-23-21/h6,11,13-14,16-17H,7-10H2,1-5H3/t13-,14+,16+,17-/m1/s1. The van der Waals surface area contributed by atoms with Gasteiger partial charge in [0.15, 0.2) is 12.0 Å². The second kappa shape index (κ2) is 5.75. The molecule has 0 fully saturated rings. The molecule has 0 saturated carbocycles. The van der Waals surface area contributed by atoms with E-state index >= 15 is 0 Å². The Bertz CT molecular complexity index is 809. The van der Waals surface area contributed by atoms with E-state index in [0.29, 0.717) is 17.8 Å². The molecule has 0 amide bonds. The molecule has 128 valence electrons. The van der Waals surface area contributed by atoms with Crippen molar-refractivity contribution in [2.75, 3.05) is 0 Å². The molecule has 4 rings (SSSR count). The number of allylic oxidation sites excluding steroid dienone is 2. The van der Waals surface area contributed by atoms with Crippen LogP contribution in [-0.2, 0) is 0 Å². The molecule has 0 spiro atoms. The van der Waals surface area contributed by atoms with Gasteiger partial charge in [0.05, 0.1) is 0 Å². The van der Waals surface area contributed by atoms with Crippen LogP contribution in [0.1, 0.15) is 93.4 Å². The normalized spacial score (nSPS) is 28.7. The summed E-state index contributed by atoms with van der Waals surface area (Å²) in [6, 6.07) is 0. The first-order valence-electron chi connectivity index (χ1n) is 9.51. The van der Waals surface area contributed by atoms with Gasteiger partial charge in [-0.25, -0.2) is 4.98 Å². The molecule has 1 heterocycles. The van der Waals surface area contributed by atoms with Gasteiger partial charge < -0.3 is 4.42 Å². The molecule has 1 aromatic heterocycles. The van der Waals surface area contributed by atoms with Crippen LogP contribution in [0.4, 0.5) is 0 Å². The zero-order valence-electron chi connectivity index (χ0n) is 15.6. The second-order valence-electron chi connectivity index (χ2n) is 8.41. The predicted molar refractivity (Wildman–Crippen MR) is 99.7 cm³/mol. The Kier molecular flexibility index (Phi) is 3.82. The Morgan fingerprint density at radius 1 is 1.21 bits per heavy atom. The average molecular weight is 323 g/mol. The van der Waals surface area contributed by atoms with Crippen molar-refractivity contribution in [3.8, 4) is 0 Å². The first kappa shape index (κ1) is 15.9. The SMILES string of the molecule is CC(C)=CC[C@H]1C[C@H](C)[C@H]2CC[C@@H](C)c3c2c1c(C)c1ncoc31. The van der Waals surface area contributed by atoms with Crippen LogP contribution >= 0.6 is 0 Å². The van der Waals surface area contributed by atoms with E-state index in [1.165, 1.54) is 36.0 Å². The number of rotatable bonds is 2. The van der Waals surface area contributed by atoms with Gasteiger partial charge in [-0.1, -0.05) is 25.5 Å². The highest BCUT2D eigenvalue weighted by Crippen LogP contribution is 2.55. The molecule has 0 N–H and O–H groups in total. The van der Waals surface area contributed by atoms with Crippen molar-refractivity contribution in [2.24, 2.45) is 5.92 Å². The molecule has 4 atom stereocenters. The third-order valence-corrected chi connectivity index (χ3v) is 6.49. The fourth-order valence-electron chi connectivity index (χ4n) is 5.33. The maximum Gasteiger partial charge on any atom is 0.182 e. The van der Waals surface area contributed by atoms with Crippen molar-refractivity contribution >= 4 is 11.1 Å². The summed E-state index contributed by atoms with van der Waals surface area (Å²) in [6.07, 6.45) is 9.13. The lowest BCUT2D eigenvalue weighted by Crippen LogP contribution is -2.28. The molecule has 1 aromatic carbocycles. The molecule has 2 nitrogen and oxygen atoms in total. The maximum atomic E-state index is 5.89. The van der Waals surface area contributed by atoms with E-state index < -0.39 is 0 Å². The number of nitrogens with zero attached hydrogens (tertiary/aromatic N) is 1. The van der Waals surface area contributed by atoms with Gasteiger partial charge in [0.25, 0.3) is 0 Å². The number of hydrogen-bond donors (Lipinski definition) is 0. The van der Waals surface area contributed by atoms with Crippen molar-refractivity contribution in [3.63, 3.8) is 0 Å². The fraction of sp³-hybridized carbons (Fsp3) is 0.591. The summed E-state index contributed by atoms with van der Waals surface area (Å²) in [4.78, 5) is 4.59. The minimum Gasteiger partial charge on any atom is -0.443 e. The van der Waals surface area contributed by atoms with Crippen LogP contribution in [0.25, 0.3) is 11.1 Å². The van der Waals surface area contributed by atoms with E-state index in [1.54, 1.807) is 17.5 Å². The highest BCUT2D eigenvalue weighted by atomic mass is 16.3. The number of benzene rings is 1. The van der Waals surface area contributed by atoms with Crippen molar-refractivity contribution in [1.29, 1.82) is 0 Å². The fourth-order valence-corrected chi connectivity index (χ4v) is 5.33. The Morgan fingerprint density at radius 2 is 2.00 bits per heavy atom. The van der Waals surface area contributed by atoms with E-state index in [1.807, 2.05) is 0 Å². The first-order chi connectivity index (χ1) is 11.5. The highest BCUT2D eigenvalue weighted by molar-refractivity contribution is 5.84. The summed E-state index contributed by atoms with van der Waals surface area (Å²) in [5.74, 6) is 2.69. The molecular formula is C22H29NO. The molecule has 0 unspecified atom stereocenters. The van der Waals surface area contributed by atoms with E-state index in [2.05, 4.69) is 45.7 Å². The van der Waals surface area contributed by atoms with E-state index in [9.17, 15) is 0 Å². The lowest BCUT2D eigenvalue weighted by Gasteiger charge is -2.43. The van der Waals surface area contributed by atoms with Crippen LogP contribution in [0.5, 0.6) is 0 Å². The third-order valence-electron chi connectivity index (χ3n) is 6.49. The summed E-state index contributed by atoms with van der Waals surface area (Å²) in [6.45, 7) is 11.5. The average Bonchev–Trinajstić information content (AvgIpc) is 3.01. The van der Waals surface area contributed by atoms with Crippen LogP contribution in [0.15, 0.2) is 22.5 Å². The van der Waals surface area contributed by atoms with E-state index in [4.69, 9.17) is 4.42 Å². The van der Waals surface area contributed by atoms with Gasteiger partial charge in [0.1, 0.15) is 5.52 Å². The molecule has 0 radical (unpaired) electrons. The van der Waals surface area contributed by atoms with Crippen LogP contribution in [-0.4, -0.2) is 4.98 Å². The quantitative estimate of drug-likeness (QED) is 0.582. The van der Waals surface area contributed by atoms with Gasteiger partial charge in [-0.2, -0.15) is 0 Å². The monoisotopic (exact) mass is 323 g/mol. The largest absolute Gasteiger partial charge is 0.443 e. The lowest BCUT2D eigenvalue weighted by molar-refractivity contribution is 0.317. The Morgan fingerprint density at radius 3 is 2.75 bits per heavy atom. The van der Waals surface area contributed by atoms with Gasteiger partial charge in [0.2, 0.25) is 0 Å². The van der Waals surface area contributed by atoms with Crippen LogP contribution in [0, 0.1) is 12.8 Å². The number of oxazole rings is 1. The molecule has 24 heavy (non-hydrogen) atoms. The second-order valence-corrected chi connectivity index (χ2v) is 8.41. The maximum absolute atomic E-state index is 5.89. The first-order valence-corrected chi connectivity index (χ1v) is 9.51. The van der Waals surface area contributed by atoms with Crippen LogP contribution in [0.2, 0.25) is 0 Å². The summed E-state index contributed by atoms with van der Waals surface area (Å²) < 4.78 is 5.89. The van der Waals surface area contributed by atoms with Gasteiger partial charge in [-0.15, -0.1) is 0 Å². The zero-order chi connectivity index (χ0) is 17.0.